The van der Waals surface area contributed by atoms with E-state index >= 15 is 0 Å². The van der Waals surface area contributed by atoms with Crippen molar-refractivity contribution in [2.24, 2.45) is 10.9 Å². The fraction of sp³-hybridized carbons (Fsp3) is 0.229. The summed E-state index contributed by atoms with van der Waals surface area (Å²) < 4.78 is 11.9. The number of nitrogens with zero attached hydrogens (tertiary/aromatic N) is 1. The summed E-state index contributed by atoms with van der Waals surface area (Å²) in [5.41, 5.74) is 7.88. The van der Waals surface area contributed by atoms with Gasteiger partial charge in [0.15, 0.2) is 11.5 Å². The monoisotopic (exact) mass is 582 g/mol. The Balaban J connectivity index is 1.18. The molecule has 4 nitrogen and oxygen atoms in total. The minimum absolute atomic E-state index is 0.259. The molecule has 0 fully saturated rings. The zero-order valence-corrected chi connectivity index (χ0v) is 24.6. The van der Waals surface area contributed by atoms with E-state index in [1.807, 2.05) is 43.3 Å². The van der Waals surface area contributed by atoms with Gasteiger partial charge in [-0.05, 0) is 90.9 Å². The number of fused-ring (bicyclic) bond motifs is 3. The van der Waals surface area contributed by atoms with Crippen LogP contribution < -0.4 is 14.8 Å². The molecule has 0 spiro atoms. The van der Waals surface area contributed by atoms with Crippen molar-refractivity contribution in [2.75, 3.05) is 11.9 Å². The molecular formula is C35H32Cl2N2O2. The van der Waals surface area contributed by atoms with E-state index in [0.29, 0.717) is 46.6 Å². The highest BCUT2D eigenvalue weighted by Crippen LogP contribution is 2.50. The second kappa shape index (κ2) is 12.0. The standard InChI is InChI=1S/C35H32Cl2N2O2/c1-3-40-33-19-24(18-31(37)35(33)41-21-23-6-4-7-26(36)17-23)20-38-27-13-11-25(12-14-27)34-29-9-5-8-28(29)30-16-22(2)10-15-32(30)39-34/h4-8,10-20,28-29,34,39H,3,9,21H2,1-2H3/t28-,29-,34-/m0/s1. The van der Waals surface area contributed by atoms with Gasteiger partial charge >= 0.3 is 0 Å². The Morgan fingerprint density at radius 2 is 1.83 bits per heavy atom. The van der Waals surface area contributed by atoms with Crippen molar-refractivity contribution in [3.05, 3.63) is 129 Å². The van der Waals surface area contributed by atoms with Gasteiger partial charge in [-0.1, -0.05) is 77.3 Å². The fourth-order valence-electron chi connectivity index (χ4n) is 5.81. The molecule has 41 heavy (non-hydrogen) atoms. The highest BCUT2D eigenvalue weighted by molar-refractivity contribution is 6.32. The number of halogens is 2. The van der Waals surface area contributed by atoms with Gasteiger partial charge < -0.3 is 14.8 Å². The van der Waals surface area contributed by atoms with Crippen LogP contribution in [0.1, 0.15) is 53.1 Å². The van der Waals surface area contributed by atoms with Gasteiger partial charge in [0.25, 0.3) is 0 Å². The van der Waals surface area contributed by atoms with Crippen LogP contribution in [0.4, 0.5) is 11.4 Å². The summed E-state index contributed by atoms with van der Waals surface area (Å²) in [7, 11) is 0. The van der Waals surface area contributed by atoms with Gasteiger partial charge in [0.2, 0.25) is 0 Å². The van der Waals surface area contributed by atoms with Crippen LogP contribution in [0.2, 0.25) is 10.0 Å². The van der Waals surface area contributed by atoms with Crippen LogP contribution in [0, 0.1) is 12.8 Å². The van der Waals surface area contributed by atoms with Crippen LogP contribution in [0.25, 0.3) is 0 Å². The predicted octanol–water partition coefficient (Wildman–Crippen LogP) is 9.86. The van der Waals surface area contributed by atoms with Crippen LogP contribution in [0.3, 0.4) is 0 Å². The first-order valence-electron chi connectivity index (χ1n) is 14.0. The SMILES string of the molecule is CCOc1cc(C=Nc2ccc([C@@H]3Nc4ccc(C)cc4[C@H]4C=CC[C@@H]43)cc2)cc(Cl)c1OCc1cccc(Cl)c1. The normalized spacial score (nSPS) is 19.1. The number of nitrogens with one attached hydrogen (secondary N) is 1. The third kappa shape index (κ3) is 6.00. The Morgan fingerprint density at radius 1 is 0.976 bits per heavy atom. The van der Waals surface area contributed by atoms with Gasteiger partial charge in [-0.3, -0.25) is 4.99 Å². The summed E-state index contributed by atoms with van der Waals surface area (Å²) in [4.78, 5) is 4.72. The Labute approximate surface area is 251 Å². The molecule has 1 heterocycles. The van der Waals surface area contributed by atoms with Crippen molar-refractivity contribution in [1.82, 2.24) is 0 Å². The largest absolute Gasteiger partial charge is 0.490 e. The van der Waals surface area contributed by atoms with E-state index in [1.165, 1.54) is 22.4 Å². The summed E-state index contributed by atoms with van der Waals surface area (Å²) in [6.45, 7) is 4.92. The molecule has 2 aliphatic rings. The summed E-state index contributed by atoms with van der Waals surface area (Å²) in [6, 6.07) is 26.8. The molecule has 208 valence electrons. The van der Waals surface area contributed by atoms with Crippen LogP contribution in [-0.2, 0) is 6.61 Å². The van der Waals surface area contributed by atoms with Crippen LogP contribution >= 0.6 is 23.2 Å². The topological polar surface area (TPSA) is 42.8 Å². The molecule has 0 saturated heterocycles. The number of ether oxygens (including phenoxy) is 2. The van der Waals surface area contributed by atoms with Crippen molar-refractivity contribution in [2.45, 2.75) is 38.8 Å². The minimum Gasteiger partial charge on any atom is -0.490 e. The number of hydrogen-bond acceptors (Lipinski definition) is 4. The van der Waals surface area contributed by atoms with E-state index in [-0.39, 0.29) is 6.04 Å². The average molecular weight is 584 g/mol. The molecule has 0 aromatic heterocycles. The van der Waals surface area contributed by atoms with E-state index in [9.17, 15) is 0 Å². The summed E-state index contributed by atoms with van der Waals surface area (Å²) in [5.74, 6) is 2.05. The van der Waals surface area contributed by atoms with Gasteiger partial charge in [0, 0.05) is 22.8 Å². The molecular weight excluding hydrogens is 551 g/mol. The lowest BCUT2D eigenvalue weighted by Crippen LogP contribution is -2.29. The lowest BCUT2D eigenvalue weighted by Gasteiger charge is -2.37. The third-order valence-electron chi connectivity index (χ3n) is 7.74. The molecule has 3 atom stereocenters. The molecule has 0 unspecified atom stereocenters. The van der Waals surface area contributed by atoms with Crippen LogP contribution in [0.5, 0.6) is 11.5 Å². The first-order valence-corrected chi connectivity index (χ1v) is 14.8. The van der Waals surface area contributed by atoms with Gasteiger partial charge in [0.1, 0.15) is 6.61 Å². The first kappa shape index (κ1) is 27.4. The zero-order valence-electron chi connectivity index (χ0n) is 23.1. The summed E-state index contributed by atoms with van der Waals surface area (Å²) >= 11 is 12.8. The Morgan fingerprint density at radius 3 is 2.63 bits per heavy atom. The molecule has 0 amide bonds. The molecule has 0 bridgehead atoms. The lowest BCUT2D eigenvalue weighted by molar-refractivity contribution is 0.269. The summed E-state index contributed by atoms with van der Waals surface area (Å²) in [5, 5.41) is 4.95. The van der Waals surface area contributed by atoms with Gasteiger partial charge in [0.05, 0.1) is 23.4 Å². The van der Waals surface area contributed by atoms with Crippen molar-refractivity contribution in [1.29, 1.82) is 0 Å². The van der Waals surface area contributed by atoms with Gasteiger partial charge in [-0.25, -0.2) is 0 Å². The maximum absolute atomic E-state index is 6.64. The maximum Gasteiger partial charge on any atom is 0.180 e. The molecule has 6 rings (SSSR count). The number of aryl methyl sites for hydroxylation is 1. The highest BCUT2D eigenvalue weighted by atomic mass is 35.5. The van der Waals surface area contributed by atoms with E-state index in [4.69, 9.17) is 37.7 Å². The van der Waals surface area contributed by atoms with Crippen molar-refractivity contribution in [3.63, 3.8) is 0 Å². The summed E-state index contributed by atoms with van der Waals surface area (Å²) in [6.07, 6.45) is 7.59. The van der Waals surface area contributed by atoms with E-state index in [0.717, 1.165) is 23.2 Å². The first-order chi connectivity index (χ1) is 20.0. The number of hydrogen-bond donors (Lipinski definition) is 1. The number of rotatable bonds is 8. The zero-order chi connectivity index (χ0) is 28.3. The smallest absolute Gasteiger partial charge is 0.180 e. The van der Waals surface area contributed by atoms with Crippen molar-refractivity contribution in [3.8, 4) is 11.5 Å². The van der Waals surface area contributed by atoms with Crippen LogP contribution in [-0.4, -0.2) is 12.8 Å². The second-order valence-corrected chi connectivity index (χ2v) is 11.4. The number of benzene rings is 4. The van der Waals surface area contributed by atoms with E-state index in [1.54, 1.807) is 6.21 Å². The number of aliphatic imine (C=N–C) groups is 1. The number of allylic oxidation sites excluding steroid dienone is 2. The molecule has 1 aliphatic heterocycles. The molecule has 0 radical (unpaired) electrons. The Bertz CT molecular complexity index is 1610. The predicted molar refractivity (Wildman–Crippen MR) is 170 cm³/mol. The van der Waals surface area contributed by atoms with Crippen molar-refractivity contribution < 1.29 is 9.47 Å². The molecule has 0 saturated carbocycles. The van der Waals surface area contributed by atoms with Crippen LogP contribution in [0.15, 0.2) is 96.0 Å². The van der Waals surface area contributed by atoms with Crippen molar-refractivity contribution >= 4 is 40.8 Å². The Hall–Kier alpha value is -3.73. The van der Waals surface area contributed by atoms with E-state index < -0.39 is 0 Å². The molecule has 4 aromatic carbocycles. The highest BCUT2D eigenvalue weighted by Gasteiger charge is 2.37. The third-order valence-corrected chi connectivity index (χ3v) is 8.25. The average Bonchev–Trinajstić information content (AvgIpc) is 3.46. The quantitative estimate of drug-likeness (QED) is 0.166. The Kier molecular flexibility index (Phi) is 8.04. The molecule has 4 aromatic rings. The molecule has 1 N–H and O–H groups in total. The fourth-order valence-corrected chi connectivity index (χ4v) is 6.29. The second-order valence-electron chi connectivity index (χ2n) is 10.6. The molecule has 6 heteroatoms. The van der Waals surface area contributed by atoms with Gasteiger partial charge in [-0.2, -0.15) is 0 Å². The number of anilines is 1. The lowest BCUT2D eigenvalue weighted by atomic mass is 9.76. The van der Waals surface area contributed by atoms with Gasteiger partial charge in [-0.15, -0.1) is 0 Å². The molecule has 1 aliphatic carbocycles. The minimum atomic E-state index is 0.259. The maximum atomic E-state index is 6.64. The van der Waals surface area contributed by atoms with E-state index in [2.05, 4.69) is 66.9 Å².